The van der Waals surface area contributed by atoms with E-state index in [0.717, 1.165) is 11.3 Å². The SMILES string of the molecule is CCOc1ccc(NC(=O)[C@@H](C)OC(=O)/C=C/c2ccc(C(C)C)cc2)cc1. The van der Waals surface area contributed by atoms with Gasteiger partial charge in [0.1, 0.15) is 5.75 Å². The standard InChI is InChI=1S/C23H27NO4/c1-5-27-21-13-11-20(12-14-21)24-23(26)17(4)28-22(25)15-8-18-6-9-19(10-7-18)16(2)3/h6-17H,5H2,1-4H3,(H,24,26)/b15-8+/t17-/m1/s1. The van der Waals surface area contributed by atoms with Gasteiger partial charge in [0.2, 0.25) is 0 Å². The van der Waals surface area contributed by atoms with Gasteiger partial charge in [0.15, 0.2) is 6.10 Å². The van der Waals surface area contributed by atoms with Gasteiger partial charge in [-0.3, -0.25) is 4.79 Å². The van der Waals surface area contributed by atoms with Crippen LogP contribution in [0, 0.1) is 0 Å². The number of esters is 1. The molecule has 1 N–H and O–H groups in total. The Bertz CT molecular complexity index is 808. The number of hydrogen-bond donors (Lipinski definition) is 1. The molecule has 5 heteroatoms. The molecule has 0 bridgehead atoms. The molecule has 2 aromatic carbocycles. The molecule has 0 saturated carbocycles. The molecular formula is C23H27NO4. The van der Waals surface area contributed by atoms with Gasteiger partial charge in [0.05, 0.1) is 6.61 Å². The summed E-state index contributed by atoms with van der Waals surface area (Å²) in [5.74, 6) is 0.221. The van der Waals surface area contributed by atoms with E-state index in [9.17, 15) is 9.59 Å². The highest BCUT2D eigenvalue weighted by Gasteiger charge is 2.16. The van der Waals surface area contributed by atoms with Gasteiger partial charge in [-0.05, 0) is 61.2 Å². The number of hydrogen-bond acceptors (Lipinski definition) is 4. The van der Waals surface area contributed by atoms with Crippen LogP contribution < -0.4 is 10.1 Å². The Morgan fingerprint density at radius 1 is 1.00 bits per heavy atom. The highest BCUT2D eigenvalue weighted by atomic mass is 16.5. The van der Waals surface area contributed by atoms with Crippen LogP contribution in [0.1, 0.15) is 44.7 Å². The molecule has 0 aliphatic rings. The van der Waals surface area contributed by atoms with Crippen molar-refractivity contribution in [1.82, 2.24) is 0 Å². The Balaban J connectivity index is 1.85. The van der Waals surface area contributed by atoms with Gasteiger partial charge < -0.3 is 14.8 Å². The van der Waals surface area contributed by atoms with E-state index >= 15 is 0 Å². The topological polar surface area (TPSA) is 64.6 Å². The first-order valence-corrected chi connectivity index (χ1v) is 9.41. The average Bonchev–Trinajstić information content (AvgIpc) is 2.68. The summed E-state index contributed by atoms with van der Waals surface area (Å²) < 4.78 is 10.5. The smallest absolute Gasteiger partial charge is 0.331 e. The second kappa shape index (κ2) is 10.3. The van der Waals surface area contributed by atoms with Gasteiger partial charge in [-0.2, -0.15) is 0 Å². The minimum absolute atomic E-state index is 0.396. The zero-order chi connectivity index (χ0) is 20.5. The van der Waals surface area contributed by atoms with Crippen molar-refractivity contribution in [3.63, 3.8) is 0 Å². The van der Waals surface area contributed by atoms with Crippen molar-refractivity contribution in [2.75, 3.05) is 11.9 Å². The van der Waals surface area contributed by atoms with Crippen molar-refractivity contribution in [2.24, 2.45) is 0 Å². The van der Waals surface area contributed by atoms with Gasteiger partial charge in [0, 0.05) is 11.8 Å². The van der Waals surface area contributed by atoms with E-state index in [1.54, 1.807) is 30.3 Å². The lowest BCUT2D eigenvalue weighted by molar-refractivity contribution is -0.148. The summed E-state index contributed by atoms with van der Waals surface area (Å²) in [5, 5.41) is 2.71. The maximum atomic E-state index is 12.2. The molecule has 1 amide bonds. The van der Waals surface area contributed by atoms with E-state index in [-0.39, 0.29) is 0 Å². The summed E-state index contributed by atoms with van der Waals surface area (Å²) >= 11 is 0. The molecule has 0 fully saturated rings. The van der Waals surface area contributed by atoms with Crippen molar-refractivity contribution in [1.29, 1.82) is 0 Å². The van der Waals surface area contributed by atoms with Crippen LogP contribution in [0.25, 0.3) is 6.08 Å². The quantitative estimate of drug-likeness (QED) is 0.527. The zero-order valence-corrected chi connectivity index (χ0v) is 16.8. The number of carbonyl (C=O) groups excluding carboxylic acids is 2. The van der Waals surface area contributed by atoms with E-state index in [4.69, 9.17) is 9.47 Å². The molecule has 5 nitrogen and oxygen atoms in total. The fraction of sp³-hybridized carbons (Fsp3) is 0.304. The van der Waals surface area contributed by atoms with Crippen LogP contribution >= 0.6 is 0 Å². The van der Waals surface area contributed by atoms with Crippen LogP contribution in [0.4, 0.5) is 5.69 Å². The minimum Gasteiger partial charge on any atom is -0.494 e. The van der Waals surface area contributed by atoms with E-state index in [1.165, 1.54) is 18.6 Å². The zero-order valence-electron chi connectivity index (χ0n) is 16.8. The molecule has 0 aliphatic heterocycles. The second-order valence-electron chi connectivity index (χ2n) is 6.68. The molecule has 0 heterocycles. The third-order valence-electron chi connectivity index (χ3n) is 4.11. The van der Waals surface area contributed by atoms with Gasteiger partial charge in [-0.1, -0.05) is 38.1 Å². The van der Waals surface area contributed by atoms with Crippen LogP contribution in [0.2, 0.25) is 0 Å². The normalized spacial score (nSPS) is 12.0. The molecule has 148 valence electrons. The highest BCUT2D eigenvalue weighted by Crippen LogP contribution is 2.17. The third-order valence-corrected chi connectivity index (χ3v) is 4.11. The molecular weight excluding hydrogens is 354 g/mol. The van der Waals surface area contributed by atoms with Crippen LogP contribution in [0.5, 0.6) is 5.75 Å². The predicted octanol–water partition coefficient (Wildman–Crippen LogP) is 4.79. The number of nitrogens with one attached hydrogen (secondary N) is 1. The first kappa shape index (κ1) is 21.2. The van der Waals surface area contributed by atoms with Gasteiger partial charge in [-0.25, -0.2) is 4.79 Å². The fourth-order valence-electron chi connectivity index (χ4n) is 2.47. The van der Waals surface area contributed by atoms with Crippen molar-refractivity contribution in [3.8, 4) is 5.75 Å². The number of carbonyl (C=O) groups is 2. The molecule has 2 aromatic rings. The Morgan fingerprint density at radius 2 is 1.64 bits per heavy atom. The fourth-order valence-corrected chi connectivity index (χ4v) is 2.47. The second-order valence-corrected chi connectivity index (χ2v) is 6.68. The number of rotatable bonds is 8. The molecule has 0 radical (unpaired) electrons. The van der Waals surface area contributed by atoms with Gasteiger partial charge >= 0.3 is 5.97 Å². The molecule has 0 unspecified atom stereocenters. The summed E-state index contributed by atoms with van der Waals surface area (Å²) in [4.78, 5) is 24.2. The summed E-state index contributed by atoms with van der Waals surface area (Å²) in [6, 6.07) is 15.0. The number of benzene rings is 2. The Morgan fingerprint density at radius 3 is 2.21 bits per heavy atom. The largest absolute Gasteiger partial charge is 0.494 e. The van der Waals surface area contributed by atoms with E-state index in [0.29, 0.717) is 18.2 Å². The lowest BCUT2D eigenvalue weighted by atomic mass is 10.0. The maximum Gasteiger partial charge on any atom is 0.331 e. The van der Waals surface area contributed by atoms with Crippen LogP contribution in [-0.2, 0) is 14.3 Å². The molecule has 0 aromatic heterocycles. The Labute approximate surface area is 166 Å². The summed E-state index contributed by atoms with van der Waals surface area (Å²) in [6.45, 7) is 8.27. The van der Waals surface area contributed by atoms with Crippen molar-refractivity contribution < 1.29 is 19.1 Å². The monoisotopic (exact) mass is 381 g/mol. The Hall–Kier alpha value is -3.08. The van der Waals surface area contributed by atoms with Crippen LogP contribution in [0.15, 0.2) is 54.6 Å². The summed E-state index contributed by atoms with van der Waals surface area (Å²) in [5.41, 5.74) is 2.74. The van der Waals surface area contributed by atoms with Crippen molar-refractivity contribution in [2.45, 2.75) is 39.7 Å². The molecule has 2 rings (SSSR count). The van der Waals surface area contributed by atoms with Crippen LogP contribution in [0.3, 0.4) is 0 Å². The lowest BCUT2D eigenvalue weighted by Crippen LogP contribution is -2.29. The van der Waals surface area contributed by atoms with Crippen molar-refractivity contribution >= 4 is 23.6 Å². The van der Waals surface area contributed by atoms with Gasteiger partial charge in [0.25, 0.3) is 5.91 Å². The first-order valence-electron chi connectivity index (χ1n) is 9.41. The molecule has 28 heavy (non-hydrogen) atoms. The lowest BCUT2D eigenvalue weighted by Gasteiger charge is -2.12. The maximum absolute atomic E-state index is 12.2. The van der Waals surface area contributed by atoms with E-state index in [1.807, 2.05) is 31.2 Å². The molecule has 0 aliphatic carbocycles. The molecule has 1 atom stereocenters. The summed E-state index contributed by atoms with van der Waals surface area (Å²) in [6.07, 6.45) is 2.08. The van der Waals surface area contributed by atoms with E-state index < -0.39 is 18.0 Å². The van der Waals surface area contributed by atoms with Crippen LogP contribution in [-0.4, -0.2) is 24.6 Å². The Kier molecular flexibility index (Phi) is 7.81. The van der Waals surface area contributed by atoms with Crippen molar-refractivity contribution in [3.05, 3.63) is 65.7 Å². The average molecular weight is 381 g/mol. The number of ether oxygens (including phenoxy) is 2. The predicted molar refractivity (Wildman–Crippen MR) is 111 cm³/mol. The van der Waals surface area contributed by atoms with Gasteiger partial charge in [-0.15, -0.1) is 0 Å². The molecule has 0 saturated heterocycles. The minimum atomic E-state index is -0.910. The molecule has 0 spiro atoms. The first-order chi connectivity index (χ1) is 13.4. The number of amides is 1. The summed E-state index contributed by atoms with van der Waals surface area (Å²) in [7, 11) is 0. The third kappa shape index (κ3) is 6.58. The van der Waals surface area contributed by atoms with E-state index in [2.05, 4.69) is 19.2 Å². The number of anilines is 1. The highest BCUT2D eigenvalue weighted by molar-refractivity contribution is 5.96.